The molecule has 0 N–H and O–H groups in total. The molecule has 0 bridgehead atoms. The summed E-state index contributed by atoms with van der Waals surface area (Å²) in [5, 5.41) is 0. The number of methoxy groups -OCH3 is 1. The molecule has 0 atom stereocenters. The Morgan fingerprint density at radius 1 is 1.40 bits per heavy atom. The van der Waals surface area contributed by atoms with E-state index in [0.717, 1.165) is 0 Å². The lowest BCUT2D eigenvalue weighted by atomic mass is 10.5. The van der Waals surface area contributed by atoms with Gasteiger partial charge in [0.25, 0.3) is 5.95 Å². The minimum atomic E-state index is 0.264. The van der Waals surface area contributed by atoms with Crippen LogP contribution in [0, 0.1) is 0 Å². The second-order valence-corrected chi connectivity index (χ2v) is 1.75. The van der Waals surface area contributed by atoms with Gasteiger partial charge in [-0.05, 0) is 0 Å². The van der Waals surface area contributed by atoms with Crippen LogP contribution < -0.4 is 0 Å². The summed E-state index contributed by atoms with van der Waals surface area (Å²) in [6, 6.07) is 0. The third-order valence-corrected chi connectivity index (χ3v) is 1.18. The molecule has 3 nitrogen and oxygen atoms in total. The van der Waals surface area contributed by atoms with Crippen LogP contribution in [0.5, 0.6) is 0 Å². The molecule has 0 aliphatic heterocycles. The number of hydrogen-bond donors (Lipinski definition) is 0. The summed E-state index contributed by atoms with van der Waals surface area (Å²) >= 11 is 0. The molecule has 0 saturated heterocycles. The molecule has 5 heteroatoms. The van der Waals surface area contributed by atoms with Gasteiger partial charge in [0.15, 0.2) is 0 Å². The average Bonchev–Trinajstić information content (AvgIpc) is 1.99. The summed E-state index contributed by atoms with van der Waals surface area (Å²) in [5.41, 5.74) is 0. The molecule has 0 aromatic carbocycles. The van der Waals surface area contributed by atoms with Crippen molar-refractivity contribution in [1.82, 2.24) is 0 Å². The molecular formula is C5H6O3Si2. The normalized spacial score (nSPS) is 10.5. The lowest BCUT2D eigenvalue weighted by Crippen LogP contribution is -1.92. The highest BCUT2D eigenvalue weighted by molar-refractivity contribution is 5.99. The van der Waals surface area contributed by atoms with Crippen LogP contribution in [-0.4, -0.2) is 28.1 Å². The minimum absolute atomic E-state index is 0.264. The van der Waals surface area contributed by atoms with Gasteiger partial charge in [0.05, 0.1) is 13.2 Å². The van der Waals surface area contributed by atoms with Crippen molar-refractivity contribution in [3.63, 3.8) is 0 Å². The first-order valence-electron chi connectivity index (χ1n) is 2.36. The molecule has 0 heterocycles. The van der Waals surface area contributed by atoms with E-state index in [-0.39, 0.29) is 5.95 Å². The molecule has 0 amide bonds. The Morgan fingerprint density at radius 3 is 2.30 bits per heavy atom. The van der Waals surface area contributed by atoms with Gasteiger partial charge in [0, 0.05) is 0 Å². The Balaban J connectivity index is 3.96. The summed E-state index contributed by atoms with van der Waals surface area (Å²) in [4.78, 5) is 0. The molecule has 0 fully saturated rings. The van der Waals surface area contributed by atoms with Gasteiger partial charge in [-0.15, -0.1) is 0 Å². The van der Waals surface area contributed by atoms with Gasteiger partial charge in [0.1, 0.15) is 5.76 Å². The Bertz CT molecular complexity index is 138. The highest BCUT2D eigenvalue weighted by Gasteiger charge is 1.93. The number of hydrogen-bond acceptors (Lipinski definition) is 3. The molecule has 0 aliphatic carbocycles. The van der Waals surface area contributed by atoms with E-state index >= 15 is 0 Å². The van der Waals surface area contributed by atoms with Crippen LogP contribution in [0.1, 0.15) is 0 Å². The quantitative estimate of drug-likeness (QED) is 0.342. The first-order valence-corrected chi connectivity index (χ1v) is 3.18. The molecule has 0 unspecified atom stereocenters. The summed E-state index contributed by atoms with van der Waals surface area (Å²) in [5.74, 6) is 0.645. The largest absolute Gasteiger partial charge is 0.541 e. The van der Waals surface area contributed by atoms with Gasteiger partial charge in [-0.1, -0.05) is 6.58 Å². The molecule has 0 spiro atoms. The monoisotopic (exact) mass is 170 g/mol. The van der Waals surface area contributed by atoms with Gasteiger partial charge >= 0.3 is 21.0 Å². The third-order valence-electron chi connectivity index (χ3n) is 0.712. The number of allylic oxidation sites excluding steroid dienone is 1. The summed E-state index contributed by atoms with van der Waals surface area (Å²) in [6.07, 6.45) is 1.46. The maximum atomic E-state index is 4.70. The Labute approximate surface area is 66.7 Å². The molecule has 0 aromatic heterocycles. The van der Waals surface area contributed by atoms with E-state index in [2.05, 4.69) is 36.4 Å². The van der Waals surface area contributed by atoms with E-state index in [9.17, 15) is 0 Å². The Kier molecular flexibility index (Phi) is 4.77. The van der Waals surface area contributed by atoms with Crippen molar-refractivity contribution in [3.05, 3.63) is 24.4 Å². The van der Waals surface area contributed by atoms with E-state index < -0.39 is 0 Å². The van der Waals surface area contributed by atoms with Gasteiger partial charge in [-0.2, -0.15) is 0 Å². The van der Waals surface area contributed by atoms with Crippen molar-refractivity contribution >= 4 is 21.0 Å². The standard InChI is InChI=1S/C5H6O3Si2/c1-4(7-9)3-5(6-2)8-10/h3H,1H2,2H3. The van der Waals surface area contributed by atoms with Crippen LogP contribution in [0.2, 0.25) is 0 Å². The summed E-state index contributed by atoms with van der Waals surface area (Å²) < 4.78 is 13.8. The van der Waals surface area contributed by atoms with Crippen molar-refractivity contribution in [3.8, 4) is 0 Å². The average molecular weight is 170 g/mol. The summed E-state index contributed by atoms with van der Waals surface area (Å²) in [6.45, 7) is 3.48. The van der Waals surface area contributed by atoms with Crippen LogP contribution >= 0.6 is 0 Å². The Hall–Kier alpha value is -0.686. The highest BCUT2D eigenvalue weighted by atomic mass is 28.2. The van der Waals surface area contributed by atoms with Gasteiger partial charge in [0.2, 0.25) is 0 Å². The van der Waals surface area contributed by atoms with Crippen molar-refractivity contribution in [1.29, 1.82) is 0 Å². The van der Waals surface area contributed by atoms with Crippen LogP contribution in [-0.2, 0) is 13.6 Å². The first kappa shape index (κ1) is 9.31. The van der Waals surface area contributed by atoms with Crippen LogP contribution in [0.25, 0.3) is 0 Å². The zero-order valence-corrected chi connectivity index (χ0v) is 7.51. The predicted octanol–water partition coefficient (Wildman–Crippen LogP) is 0.188. The van der Waals surface area contributed by atoms with Crippen molar-refractivity contribution in [2.24, 2.45) is 0 Å². The zero-order chi connectivity index (χ0) is 7.98. The molecule has 0 rings (SSSR count). The maximum absolute atomic E-state index is 4.70. The number of rotatable bonds is 4. The van der Waals surface area contributed by atoms with E-state index in [0.29, 0.717) is 5.76 Å². The second-order valence-electron chi connectivity index (χ2n) is 1.34. The highest BCUT2D eigenvalue weighted by Crippen LogP contribution is 2.00. The molecular weight excluding hydrogens is 164 g/mol. The van der Waals surface area contributed by atoms with Crippen LogP contribution in [0.15, 0.2) is 24.4 Å². The topological polar surface area (TPSA) is 27.7 Å². The predicted molar refractivity (Wildman–Crippen MR) is 37.9 cm³/mol. The fraction of sp³-hybridized carbons (Fsp3) is 0.200. The van der Waals surface area contributed by atoms with Crippen molar-refractivity contribution in [2.75, 3.05) is 7.11 Å². The second kappa shape index (κ2) is 5.13. The first-order chi connectivity index (χ1) is 4.74. The molecule has 6 radical (unpaired) electrons. The maximum Gasteiger partial charge on any atom is 0.345 e. The van der Waals surface area contributed by atoms with E-state index in [1.54, 1.807) is 0 Å². The van der Waals surface area contributed by atoms with Gasteiger partial charge < -0.3 is 13.6 Å². The molecule has 0 aliphatic rings. The fourth-order valence-electron chi connectivity index (χ4n) is 0.291. The SMILES string of the molecule is C=C(C=C(OC)O[Si])O[Si]. The number of ether oxygens (including phenoxy) is 1. The van der Waals surface area contributed by atoms with E-state index in [1.807, 2.05) is 0 Å². The van der Waals surface area contributed by atoms with E-state index in [1.165, 1.54) is 13.2 Å². The van der Waals surface area contributed by atoms with E-state index in [4.69, 9.17) is 4.74 Å². The fourth-order valence-corrected chi connectivity index (χ4v) is 0.492. The van der Waals surface area contributed by atoms with Crippen molar-refractivity contribution in [2.45, 2.75) is 0 Å². The van der Waals surface area contributed by atoms with Crippen molar-refractivity contribution < 1.29 is 13.6 Å². The van der Waals surface area contributed by atoms with Gasteiger partial charge in [-0.25, -0.2) is 0 Å². The van der Waals surface area contributed by atoms with Crippen LogP contribution in [0.4, 0.5) is 0 Å². The molecule has 0 aromatic rings. The molecule has 52 valence electrons. The smallest absolute Gasteiger partial charge is 0.345 e. The third kappa shape index (κ3) is 3.36. The van der Waals surface area contributed by atoms with Crippen LogP contribution in [0.3, 0.4) is 0 Å². The Morgan fingerprint density at radius 2 is 2.00 bits per heavy atom. The van der Waals surface area contributed by atoms with Gasteiger partial charge in [-0.3, -0.25) is 0 Å². The zero-order valence-electron chi connectivity index (χ0n) is 5.51. The molecule has 10 heavy (non-hydrogen) atoms. The minimum Gasteiger partial charge on any atom is -0.541 e. The molecule has 0 saturated carbocycles. The summed E-state index contributed by atoms with van der Waals surface area (Å²) in [7, 11) is 7.01. The lowest BCUT2D eigenvalue weighted by Gasteiger charge is -2.03. The lowest BCUT2D eigenvalue weighted by molar-refractivity contribution is 0.158.